The van der Waals surface area contributed by atoms with Crippen LogP contribution in [0.15, 0.2) is 42.7 Å². The molecule has 2 atom stereocenters. The lowest BCUT2D eigenvalue weighted by molar-refractivity contribution is 0.540. The molecule has 3 heteroatoms. The van der Waals surface area contributed by atoms with Gasteiger partial charge in [-0.1, -0.05) is 18.2 Å². The van der Waals surface area contributed by atoms with Crippen LogP contribution in [-0.4, -0.2) is 11.5 Å². The normalized spacial score (nSPS) is 23.8. The predicted molar refractivity (Wildman–Crippen MR) is 80.6 cm³/mol. The number of anilines is 1. The van der Waals surface area contributed by atoms with Gasteiger partial charge in [-0.15, -0.1) is 0 Å². The molecule has 3 nitrogen and oxygen atoms in total. The van der Waals surface area contributed by atoms with Crippen LogP contribution in [0.5, 0.6) is 0 Å². The molecule has 0 bridgehead atoms. The summed E-state index contributed by atoms with van der Waals surface area (Å²) >= 11 is 0. The number of pyridine rings is 1. The minimum Gasteiger partial charge on any atom is -0.367 e. The van der Waals surface area contributed by atoms with E-state index in [1.54, 1.807) is 0 Å². The molecule has 20 heavy (non-hydrogen) atoms. The highest BCUT2D eigenvalue weighted by atomic mass is 15.1. The van der Waals surface area contributed by atoms with Crippen LogP contribution < -0.4 is 10.6 Å². The zero-order valence-corrected chi connectivity index (χ0v) is 11.5. The SMILES string of the molecule is NC1CC2CCN(Cc3cccnc3)c3cccc1c32. The van der Waals surface area contributed by atoms with Crippen molar-refractivity contribution in [1.82, 2.24) is 4.98 Å². The van der Waals surface area contributed by atoms with E-state index in [9.17, 15) is 0 Å². The van der Waals surface area contributed by atoms with Gasteiger partial charge < -0.3 is 10.6 Å². The van der Waals surface area contributed by atoms with Gasteiger partial charge >= 0.3 is 0 Å². The van der Waals surface area contributed by atoms with Crippen molar-refractivity contribution in [3.8, 4) is 0 Å². The van der Waals surface area contributed by atoms with Crippen molar-refractivity contribution in [3.63, 3.8) is 0 Å². The molecule has 0 fully saturated rings. The maximum atomic E-state index is 6.28. The fourth-order valence-corrected chi connectivity index (χ4v) is 3.74. The van der Waals surface area contributed by atoms with E-state index in [1.807, 2.05) is 18.5 Å². The molecule has 0 saturated carbocycles. The van der Waals surface area contributed by atoms with Gasteiger partial charge in [0.1, 0.15) is 0 Å². The number of nitrogens with zero attached hydrogens (tertiary/aromatic N) is 2. The molecule has 2 unspecified atom stereocenters. The Kier molecular flexibility index (Phi) is 2.74. The van der Waals surface area contributed by atoms with Gasteiger partial charge in [0, 0.05) is 37.2 Å². The molecule has 1 aliphatic carbocycles. The third-order valence-corrected chi connectivity index (χ3v) is 4.65. The van der Waals surface area contributed by atoms with E-state index >= 15 is 0 Å². The van der Waals surface area contributed by atoms with Crippen molar-refractivity contribution in [3.05, 3.63) is 59.4 Å². The number of hydrogen-bond acceptors (Lipinski definition) is 3. The molecule has 2 heterocycles. The third kappa shape index (κ3) is 1.81. The first-order valence-electron chi connectivity index (χ1n) is 7.35. The van der Waals surface area contributed by atoms with Crippen LogP contribution in [0.4, 0.5) is 5.69 Å². The van der Waals surface area contributed by atoms with Crippen molar-refractivity contribution >= 4 is 5.69 Å². The van der Waals surface area contributed by atoms with Crippen LogP contribution >= 0.6 is 0 Å². The first-order valence-corrected chi connectivity index (χ1v) is 7.35. The molecular weight excluding hydrogens is 246 g/mol. The lowest BCUT2D eigenvalue weighted by atomic mass is 9.91. The van der Waals surface area contributed by atoms with Gasteiger partial charge in [0.05, 0.1) is 0 Å². The Labute approximate surface area is 119 Å². The standard InChI is InChI=1S/C17H19N3/c18-15-9-13-6-8-20(11-12-3-2-7-19-10-12)16-5-1-4-14(15)17(13)16/h1-5,7,10,13,15H,6,8-9,11,18H2. The van der Waals surface area contributed by atoms with Crippen molar-refractivity contribution in [1.29, 1.82) is 0 Å². The molecule has 2 aliphatic rings. The van der Waals surface area contributed by atoms with E-state index in [4.69, 9.17) is 5.73 Å². The van der Waals surface area contributed by atoms with Gasteiger partial charge in [0.2, 0.25) is 0 Å². The second kappa shape index (κ2) is 4.60. The number of nitrogens with two attached hydrogens (primary N) is 1. The summed E-state index contributed by atoms with van der Waals surface area (Å²) in [4.78, 5) is 6.69. The van der Waals surface area contributed by atoms with E-state index in [1.165, 1.54) is 28.8 Å². The van der Waals surface area contributed by atoms with Crippen LogP contribution in [0.3, 0.4) is 0 Å². The van der Waals surface area contributed by atoms with Gasteiger partial charge in [0.25, 0.3) is 0 Å². The number of aromatic nitrogens is 1. The molecule has 1 aliphatic heterocycles. The second-order valence-corrected chi connectivity index (χ2v) is 5.89. The minimum absolute atomic E-state index is 0.230. The quantitative estimate of drug-likeness (QED) is 0.907. The van der Waals surface area contributed by atoms with Crippen molar-refractivity contribution in [2.24, 2.45) is 5.73 Å². The van der Waals surface area contributed by atoms with Crippen LogP contribution in [0.25, 0.3) is 0 Å². The Morgan fingerprint density at radius 1 is 1.25 bits per heavy atom. The number of rotatable bonds is 2. The molecule has 1 aromatic heterocycles. The summed E-state index contributed by atoms with van der Waals surface area (Å²) in [6.45, 7) is 2.05. The Balaban J connectivity index is 1.71. The second-order valence-electron chi connectivity index (χ2n) is 5.89. The zero-order valence-electron chi connectivity index (χ0n) is 11.5. The van der Waals surface area contributed by atoms with Gasteiger partial charge in [-0.05, 0) is 47.6 Å². The fraction of sp³-hybridized carbons (Fsp3) is 0.353. The summed E-state index contributed by atoms with van der Waals surface area (Å²) in [5.74, 6) is 0.668. The van der Waals surface area contributed by atoms with Crippen LogP contribution in [0, 0.1) is 0 Å². The fourth-order valence-electron chi connectivity index (χ4n) is 3.74. The maximum absolute atomic E-state index is 6.28. The average Bonchev–Trinajstić information content (AvgIpc) is 2.82. The lowest BCUT2D eigenvalue weighted by Gasteiger charge is -2.34. The highest BCUT2D eigenvalue weighted by Crippen LogP contribution is 2.48. The molecular formula is C17H19N3. The highest BCUT2D eigenvalue weighted by molar-refractivity contribution is 5.63. The van der Waals surface area contributed by atoms with Crippen LogP contribution in [0.2, 0.25) is 0 Å². The zero-order chi connectivity index (χ0) is 13.5. The van der Waals surface area contributed by atoms with Gasteiger partial charge in [-0.3, -0.25) is 4.98 Å². The van der Waals surface area contributed by atoms with E-state index < -0.39 is 0 Å². The van der Waals surface area contributed by atoms with E-state index in [2.05, 4.69) is 34.1 Å². The molecule has 4 rings (SSSR count). The summed E-state index contributed by atoms with van der Waals surface area (Å²) < 4.78 is 0. The first kappa shape index (κ1) is 11.9. The van der Waals surface area contributed by atoms with Crippen LogP contribution in [-0.2, 0) is 6.54 Å². The monoisotopic (exact) mass is 265 g/mol. The minimum atomic E-state index is 0.230. The summed E-state index contributed by atoms with van der Waals surface area (Å²) in [6.07, 6.45) is 6.13. The molecule has 0 amide bonds. The predicted octanol–water partition coefficient (Wildman–Crippen LogP) is 2.98. The summed E-state index contributed by atoms with van der Waals surface area (Å²) in [6, 6.07) is 11.0. The third-order valence-electron chi connectivity index (χ3n) is 4.65. The maximum Gasteiger partial charge on any atom is 0.0444 e. The van der Waals surface area contributed by atoms with E-state index in [0.717, 1.165) is 19.5 Å². The molecule has 1 aromatic carbocycles. The number of benzene rings is 1. The molecule has 0 saturated heterocycles. The largest absolute Gasteiger partial charge is 0.367 e. The number of hydrogen-bond donors (Lipinski definition) is 1. The lowest BCUT2D eigenvalue weighted by Crippen LogP contribution is -2.30. The Morgan fingerprint density at radius 2 is 2.20 bits per heavy atom. The van der Waals surface area contributed by atoms with Crippen molar-refractivity contribution in [2.75, 3.05) is 11.4 Å². The molecule has 2 aromatic rings. The smallest absolute Gasteiger partial charge is 0.0444 e. The summed E-state index contributed by atoms with van der Waals surface area (Å²) in [5, 5.41) is 0. The molecule has 2 N–H and O–H groups in total. The molecule has 0 radical (unpaired) electrons. The van der Waals surface area contributed by atoms with E-state index in [0.29, 0.717) is 5.92 Å². The van der Waals surface area contributed by atoms with Gasteiger partial charge in [-0.2, -0.15) is 0 Å². The van der Waals surface area contributed by atoms with Gasteiger partial charge in [0.15, 0.2) is 0 Å². The molecule has 102 valence electrons. The first-order chi connectivity index (χ1) is 9.83. The highest BCUT2D eigenvalue weighted by Gasteiger charge is 2.35. The van der Waals surface area contributed by atoms with Crippen molar-refractivity contribution in [2.45, 2.75) is 31.3 Å². The Bertz CT molecular complexity index is 623. The molecule has 0 spiro atoms. The summed E-state index contributed by atoms with van der Waals surface area (Å²) in [7, 11) is 0. The topological polar surface area (TPSA) is 42.1 Å². The van der Waals surface area contributed by atoms with Gasteiger partial charge in [-0.25, -0.2) is 0 Å². The van der Waals surface area contributed by atoms with Crippen molar-refractivity contribution < 1.29 is 0 Å². The summed E-state index contributed by atoms with van der Waals surface area (Å²) in [5.41, 5.74) is 11.8. The van der Waals surface area contributed by atoms with E-state index in [-0.39, 0.29) is 6.04 Å². The Morgan fingerprint density at radius 3 is 3.05 bits per heavy atom. The van der Waals surface area contributed by atoms with Crippen LogP contribution in [0.1, 0.15) is 41.5 Å². The Hall–Kier alpha value is -1.87. The average molecular weight is 265 g/mol.